The largest absolute Gasteiger partial charge is 0.378 e. The van der Waals surface area contributed by atoms with Crippen molar-refractivity contribution in [3.63, 3.8) is 0 Å². The van der Waals surface area contributed by atoms with Crippen molar-refractivity contribution < 1.29 is 0 Å². The first kappa shape index (κ1) is 11.7. The van der Waals surface area contributed by atoms with Gasteiger partial charge < -0.3 is 5.32 Å². The number of H-pyrrole nitrogens is 1. The standard InChI is InChI=1S/C12H19N5/c1-8(2)17-7-11(5-14-17)13-6-12-9(3)15-16-10(12)4/h5,7-8,13H,6H2,1-4H3,(H,15,16). The predicted molar refractivity (Wildman–Crippen MR) is 68.0 cm³/mol. The molecule has 0 bridgehead atoms. The highest BCUT2D eigenvalue weighted by atomic mass is 15.3. The molecule has 0 saturated carbocycles. The summed E-state index contributed by atoms with van der Waals surface area (Å²) in [6.07, 6.45) is 3.88. The average molecular weight is 233 g/mol. The second kappa shape index (κ2) is 4.61. The van der Waals surface area contributed by atoms with Crippen LogP contribution >= 0.6 is 0 Å². The van der Waals surface area contributed by atoms with Gasteiger partial charge in [-0.05, 0) is 27.7 Å². The number of rotatable bonds is 4. The molecule has 0 fully saturated rings. The Kier molecular flexibility index (Phi) is 3.17. The monoisotopic (exact) mass is 233 g/mol. The fourth-order valence-corrected chi connectivity index (χ4v) is 1.74. The van der Waals surface area contributed by atoms with E-state index >= 15 is 0 Å². The van der Waals surface area contributed by atoms with Gasteiger partial charge in [0, 0.05) is 30.0 Å². The lowest BCUT2D eigenvalue weighted by Crippen LogP contribution is -2.02. The van der Waals surface area contributed by atoms with Gasteiger partial charge in [-0.15, -0.1) is 0 Å². The van der Waals surface area contributed by atoms with Crippen molar-refractivity contribution >= 4 is 5.69 Å². The molecule has 5 heteroatoms. The van der Waals surface area contributed by atoms with Crippen LogP contribution in [0, 0.1) is 13.8 Å². The van der Waals surface area contributed by atoms with Crippen molar-refractivity contribution in [2.75, 3.05) is 5.32 Å². The van der Waals surface area contributed by atoms with Gasteiger partial charge in [-0.3, -0.25) is 9.78 Å². The summed E-state index contributed by atoms with van der Waals surface area (Å²) in [5.74, 6) is 0. The molecule has 0 aliphatic heterocycles. The Morgan fingerprint density at radius 2 is 2.18 bits per heavy atom. The Hall–Kier alpha value is -1.78. The molecule has 0 aromatic carbocycles. The zero-order valence-electron chi connectivity index (χ0n) is 10.8. The lowest BCUT2D eigenvalue weighted by atomic mass is 10.2. The third-order valence-electron chi connectivity index (χ3n) is 2.88. The second-order valence-electron chi connectivity index (χ2n) is 4.57. The van der Waals surface area contributed by atoms with Crippen molar-refractivity contribution in [2.24, 2.45) is 0 Å². The van der Waals surface area contributed by atoms with E-state index in [1.807, 2.05) is 30.9 Å². The lowest BCUT2D eigenvalue weighted by Gasteiger charge is -2.05. The summed E-state index contributed by atoms with van der Waals surface area (Å²) in [7, 11) is 0. The van der Waals surface area contributed by atoms with Gasteiger partial charge in [0.1, 0.15) is 0 Å². The second-order valence-corrected chi connectivity index (χ2v) is 4.57. The summed E-state index contributed by atoms with van der Waals surface area (Å²) >= 11 is 0. The van der Waals surface area contributed by atoms with E-state index in [4.69, 9.17) is 0 Å². The van der Waals surface area contributed by atoms with E-state index in [1.165, 1.54) is 5.56 Å². The van der Waals surface area contributed by atoms with Crippen LogP contribution < -0.4 is 5.32 Å². The van der Waals surface area contributed by atoms with Crippen molar-refractivity contribution in [3.05, 3.63) is 29.3 Å². The maximum atomic E-state index is 4.29. The van der Waals surface area contributed by atoms with Crippen LogP contribution in [-0.2, 0) is 6.54 Å². The summed E-state index contributed by atoms with van der Waals surface area (Å²) in [5, 5.41) is 14.8. The number of nitrogens with one attached hydrogen (secondary N) is 2. The molecule has 0 amide bonds. The predicted octanol–water partition coefficient (Wildman–Crippen LogP) is 2.42. The van der Waals surface area contributed by atoms with Gasteiger partial charge in [0.05, 0.1) is 17.6 Å². The van der Waals surface area contributed by atoms with E-state index in [9.17, 15) is 0 Å². The SMILES string of the molecule is Cc1n[nH]c(C)c1CNc1cnn(C(C)C)c1. The molecule has 0 spiro atoms. The highest BCUT2D eigenvalue weighted by Crippen LogP contribution is 2.14. The topological polar surface area (TPSA) is 58.5 Å². The summed E-state index contributed by atoms with van der Waals surface area (Å²) in [5.41, 5.74) is 4.43. The van der Waals surface area contributed by atoms with Gasteiger partial charge in [-0.2, -0.15) is 10.2 Å². The highest BCUT2D eigenvalue weighted by molar-refractivity contribution is 5.40. The number of hydrogen-bond acceptors (Lipinski definition) is 3. The normalized spacial score (nSPS) is 11.1. The minimum absolute atomic E-state index is 0.392. The molecule has 2 N–H and O–H groups in total. The summed E-state index contributed by atoms with van der Waals surface area (Å²) < 4.78 is 1.94. The minimum Gasteiger partial charge on any atom is -0.378 e. The lowest BCUT2D eigenvalue weighted by molar-refractivity contribution is 0.532. The fraction of sp³-hybridized carbons (Fsp3) is 0.500. The highest BCUT2D eigenvalue weighted by Gasteiger charge is 2.06. The van der Waals surface area contributed by atoms with Crippen LogP contribution in [0.2, 0.25) is 0 Å². The van der Waals surface area contributed by atoms with E-state index in [-0.39, 0.29) is 0 Å². The van der Waals surface area contributed by atoms with Crippen molar-refractivity contribution in [1.82, 2.24) is 20.0 Å². The number of aromatic nitrogens is 4. The molecule has 17 heavy (non-hydrogen) atoms. The van der Waals surface area contributed by atoms with Gasteiger partial charge >= 0.3 is 0 Å². The van der Waals surface area contributed by atoms with E-state index in [0.29, 0.717) is 6.04 Å². The number of anilines is 1. The molecule has 0 aliphatic carbocycles. The number of hydrogen-bond donors (Lipinski definition) is 2. The maximum Gasteiger partial charge on any atom is 0.0729 e. The first-order valence-corrected chi connectivity index (χ1v) is 5.86. The quantitative estimate of drug-likeness (QED) is 0.852. The summed E-state index contributed by atoms with van der Waals surface area (Å²) in [6, 6.07) is 0.392. The molecular weight excluding hydrogens is 214 g/mol. The Bertz CT molecular complexity index is 475. The smallest absolute Gasteiger partial charge is 0.0729 e. The maximum absolute atomic E-state index is 4.29. The molecule has 0 aliphatic rings. The van der Waals surface area contributed by atoms with Crippen LogP contribution in [0.25, 0.3) is 0 Å². The molecule has 0 saturated heterocycles. The minimum atomic E-state index is 0.392. The Labute approximate surface area is 101 Å². The molecule has 2 rings (SSSR count). The first-order valence-electron chi connectivity index (χ1n) is 5.86. The van der Waals surface area contributed by atoms with Gasteiger partial charge in [-0.25, -0.2) is 0 Å². The third kappa shape index (κ3) is 2.49. The van der Waals surface area contributed by atoms with E-state index < -0.39 is 0 Å². The van der Waals surface area contributed by atoms with Crippen LogP contribution in [0.1, 0.15) is 36.8 Å². The van der Waals surface area contributed by atoms with Gasteiger partial charge in [0.15, 0.2) is 0 Å². The molecule has 2 aromatic heterocycles. The van der Waals surface area contributed by atoms with Crippen molar-refractivity contribution in [1.29, 1.82) is 0 Å². The van der Waals surface area contributed by atoms with Gasteiger partial charge in [0.2, 0.25) is 0 Å². The summed E-state index contributed by atoms with van der Waals surface area (Å²) in [4.78, 5) is 0. The van der Waals surface area contributed by atoms with Crippen LogP contribution in [0.5, 0.6) is 0 Å². The Balaban J connectivity index is 2.02. The van der Waals surface area contributed by atoms with Crippen LogP contribution in [0.3, 0.4) is 0 Å². The summed E-state index contributed by atoms with van der Waals surface area (Å²) in [6.45, 7) is 9.05. The fourth-order valence-electron chi connectivity index (χ4n) is 1.74. The molecule has 5 nitrogen and oxygen atoms in total. The Morgan fingerprint density at radius 1 is 1.41 bits per heavy atom. The van der Waals surface area contributed by atoms with Crippen LogP contribution in [-0.4, -0.2) is 20.0 Å². The number of nitrogens with zero attached hydrogens (tertiary/aromatic N) is 3. The van der Waals surface area contributed by atoms with Crippen LogP contribution in [0.4, 0.5) is 5.69 Å². The van der Waals surface area contributed by atoms with E-state index in [1.54, 1.807) is 0 Å². The van der Waals surface area contributed by atoms with E-state index in [2.05, 4.69) is 34.5 Å². The molecular formula is C12H19N5. The zero-order valence-corrected chi connectivity index (χ0v) is 10.8. The average Bonchev–Trinajstić information content (AvgIpc) is 2.85. The van der Waals surface area contributed by atoms with Gasteiger partial charge in [0.25, 0.3) is 0 Å². The number of aromatic amines is 1. The molecule has 2 aromatic rings. The van der Waals surface area contributed by atoms with Crippen LogP contribution in [0.15, 0.2) is 12.4 Å². The number of aryl methyl sites for hydroxylation is 2. The van der Waals surface area contributed by atoms with Crippen molar-refractivity contribution in [2.45, 2.75) is 40.3 Å². The first-order chi connectivity index (χ1) is 8.08. The Morgan fingerprint density at radius 3 is 2.71 bits per heavy atom. The molecule has 0 unspecified atom stereocenters. The molecule has 92 valence electrons. The van der Waals surface area contributed by atoms with Crippen molar-refractivity contribution in [3.8, 4) is 0 Å². The van der Waals surface area contributed by atoms with E-state index in [0.717, 1.165) is 23.6 Å². The van der Waals surface area contributed by atoms with Gasteiger partial charge in [-0.1, -0.05) is 0 Å². The molecule has 0 radical (unpaired) electrons. The molecule has 2 heterocycles. The zero-order chi connectivity index (χ0) is 12.4. The third-order valence-corrected chi connectivity index (χ3v) is 2.88. The molecule has 0 atom stereocenters.